The number of thiophene rings is 2. The Balaban J connectivity index is 0.000000211. The molecule has 0 fully saturated rings. The van der Waals surface area contributed by atoms with Crippen molar-refractivity contribution in [3.63, 3.8) is 0 Å². The summed E-state index contributed by atoms with van der Waals surface area (Å²) in [7, 11) is 1.36. The summed E-state index contributed by atoms with van der Waals surface area (Å²) in [6.45, 7) is 11.0. The third kappa shape index (κ3) is 14.8. The van der Waals surface area contributed by atoms with Crippen LogP contribution in [0.15, 0.2) is 92.4 Å². The second kappa shape index (κ2) is 22.8. The molecule has 376 valence electrons. The number of thiazole rings is 2. The van der Waals surface area contributed by atoms with E-state index in [1.54, 1.807) is 102 Å². The second-order valence-corrected chi connectivity index (χ2v) is 21.7. The highest BCUT2D eigenvalue weighted by Gasteiger charge is 2.20. The third-order valence-corrected chi connectivity index (χ3v) is 13.3. The molecular weight excluding hydrogens is 1010 g/mol. The van der Waals surface area contributed by atoms with Gasteiger partial charge >= 0.3 is 18.2 Å². The number of hydrogen-bond acceptors (Lipinski definition) is 18. The van der Waals surface area contributed by atoms with Gasteiger partial charge < -0.3 is 33.7 Å². The molecule has 6 aromatic heterocycles. The SMILES string of the molecule is CC(C)(C)OC(=O)NCc1cc2cc(C(=O)Nc3nc(-c4ccc(CC(=O)NO)s4)cs3)ccc2o1.COC(=O)Cc1ccc(-c2csc(NC(=O)c3ccc4oc(CNC(=O)OC(C)(C)C)cc4c3)n2)s1. The van der Waals surface area contributed by atoms with Crippen LogP contribution in [0, 0.1) is 0 Å². The number of nitrogens with zero attached hydrogens (tertiary/aromatic N) is 2. The van der Waals surface area contributed by atoms with E-state index in [0.29, 0.717) is 49.8 Å². The zero-order chi connectivity index (χ0) is 51.7. The van der Waals surface area contributed by atoms with Gasteiger partial charge in [-0.25, -0.2) is 25.0 Å². The van der Waals surface area contributed by atoms with Crippen molar-refractivity contribution in [1.29, 1.82) is 0 Å². The molecule has 0 saturated heterocycles. The quantitative estimate of drug-likeness (QED) is 0.0256. The zero-order valence-electron chi connectivity index (χ0n) is 39.9. The van der Waals surface area contributed by atoms with E-state index < -0.39 is 29.3 Å². The molecule has 6 N–H and O–H groups in total. The molecule has 6 heterocycles. The minimum atomic E-state index is -0.594. The number of hydrogen-bond donors (Lipinski definition) is 6. The lowest BCUT2D eigenvalue weighted by Gasteiger charge is -2.19. The molecule has 0 bridgehead atoms. The standard InChI is InChI=1S/C25H25N3O6S2.C24H24N4O6S2/c1-25(2,3)34-24(31)26-12-16-10-15-9-14(5-7-19(15)33-16)22(30)28-23-27-18(13-35-23)20-8-6-17(36-20)11-21(29)32-4;1-24(2,3)34-23(31)25-11-15-9-14-8-13(4-6-18(14)33-15)21(30)27-22-26-17(12-35-22)19-7-5-16(36-19)10-20(29)28-32/h5-10,13H,11-12H2,1-4H3,(H,26,31)(H,27,28,30);4-9,12,32H,10-11H2,1-3H3,(H,25,31)(H,28,29)(H,26,27,30). The van der Waals surface area contributed by atoms with Crippen molar-refractivity contribution in [2.75, 3.05) is 17.7 Å². The van der Waals surface area contributed by atoms with Crippen LogP contribution in [0.5, 0.6) is 0 Å². The van der Waals surface area contributed by atoms with Gasteiger partial charge in [0, 0.05) is 42.4 Å². The molecule has 0 atom stereocenters. The van der Waals surface area contributed by atoms with E-state index in [1.165, 1.54) is 52.5 Å². The number of rotatable bonds is 14. The van der Waals surface area contributed by atoms with E-state index in [-0.39, 0.29) is 43.7 Å². The van der Waals surface area contributed by atoms with Crippen molar-refractivity contribution in [3.05, 3.63) is 116 Å². The number of anilines is 2. The Morgan fingerprint density at radius 2 is 1.06 bits per heavy atom. The highest BCUT2D eigenvalue weighted by atomic mass is 32.1. The van der Waals surface area contributed by atoms with E-state index in [2.05, 4.69) is 31.2 Å². The maximum Gasteiger partial charge on any atom is 0.408 e. The number of carbonyl (C=O) groups excluding carboxylic acids is 6. The number of furan rings is 2. The van der Waals surface area contributed by atoms with E-state index in [0.717, 1.165) is 36.0 Å². The number of esters is 1. The third-order valence-electron chi connectivity index (χ3n) is 9.55. The largest absolute Gasteiger partial charge is 0.469 e. The highest BCUT2D eigenvalue weighted by Crippen LogP contribution is 2.33. The molecule has 19 nitrogen and oxygen atoms in total. The summed E-state index contributed by atoms with van der Waals surface area (Å²) in [5, 5.41) is 25.6. The summed E-state index contributed by atoms with van der Waals surface area (Å²) in [6, 6.07) is 21.1. The number of methoxy groups -OCH3 is 1. The van der Waals surface area contributed by atoms with Gasteiger partial charge in [0.05, 0.1) is 54.2 Å². The molecule has 0 aliphatic rings. The minimum Gasteiger partial charge on any atom is -0.469 e. The van der Waals surface area contributed by atoms with Gasteiger partial charge in [-0.15, -0.1) is 45.3 Å². The lowest BCUT2D eigenvalue weighted by molar-refractivity contribution is -0.139. The summed E-state index contributed by atoms with van der Waals surface area (Å²) in [4.78, 5) is 84.5. The van der Waals surface area contributed by atoms with Crippen LogP contribution >= 0.6 is 45.3 Å². The van der Waals surface area contributed by atoms with Gasteiger partial charge in [0.15, 0.2) is 10.3 Å². The summed E-state index contributed by atoms with van der Waals surface area (Å²) in [6.07, 6.45) is -0.790. The lowest BCUT2D eigenvalue weighted by atomic mass is 10.1. The van der Waals surface area contributed by atoms with Crippen molar-refractivity contribution in [2.45, 2.75) is 78.7 Å². The Morgan fingerprint density at radius 1 is 0.611 bits per heavy atom. The van der Waals surface area contributed by atoms with Crippen molar-refractivity contribution in [3.8, 4) is 21.1 Å². The first-order valence-electron chi connectivity index (χ1n) is 21.9. The van der Waals surface area contributed by atoms with Crippen molar-refractivity contribution < 1.29 is 57.0 Å². The number of hydroxylamine groups is 1. The van der Waals surface area contributed by atoms with Gasteiger partial charge in [-0.2, -0.15) is 0 Å². The first-order chi connectivity index (χ1) is 34.2. The fourth-order valence-electron chi connectivity index (χ4n) is 6.46. The smallest absolute Gasteiger partial charge is 0.408 e. The molecule has 0 spiro atoms. The molecule has 0 saturated carbocycles. The average Bonchev–Trinajstić information content (AvgIpc) is 4.19. The van der Waals surface area contributed by atoms with Crippen LogP contribution < -0.4 is 26.7 Å². The van der Waals surface area contributed by atoms with E-state index in [1.807, 2.05) is 29.0 Å². The first kappa shape index (κ1) is 52.4. The Morgan fingerprint density at radius 3 is 1.47 bits per heavy atom. The first-order valence-corrected chi connectivity index (χ1v) is 25.3. The van der Waals surface area contributed by atoms with E-state index >= 15 is 0 Å². The van der Waals surface area contributed by atoms with Gasteiger partial charge in [-0.1, -0.05) is 0 Å². The van der Waals surface area contributed by atoms with Crippen molar-refractivity contribution in [1.82, 2.24) is 26.1 Å². The molecule has 8 aromatic rings. The fourth-order valence-corrected chi connectivity index (χ4v) is 9.94. The predicted molar refractivity (Wildman–Crippen MR) is 275 cm³/mol. The van der Waals surface area contributed by atoms with Gasteiger partial charge in [0.25, 0.3) is 11.8 Å². The van der Waals surface area contributed by atoms with Crippen LogP contribution in [-0.2, 0) is 49.7 Å². The second-order valence-electron chi connectivity index (χ2n) is 17.6. The Kier molecular flexibility index (Phi) is 16.6. The molecule has 0 unspecified atom stereocenters. The van der Waals surface area contributed by atoms with Gasteiger partial charge in [0.1, 0.15) is 33.9 Å². The molecule has 0 radical (unpaired) electrons. The summed E-state index contributed by atoms with van der Waals surface area (Å²) < 4.78 is 26.6. The number of amides is 5. The lowest BCUT2D eigenvalue weighted by Crippen LogP contribution is -2.32. The summed E-state index contributed by atoms with van der Waals surface area (Å²) in [5.74, 6) is -0.333. The number of nitrogens with one attached hydrogen (secondary N) is 5. The van der Waals surface area contributed by atoms with E-state index in [4.69, 9.17) is 28.3 Å². The monoisotopic (exact) mass is 1060 g/mol. The number of aromatic nitrogens is 2. The Hall–Kier alpha value is -7.44. The van der Waals surface area contributed by atoms with Crippen LogP contribution in [0.1, 0.15) is 83.5 Å². The number of ether oxygens (including phenoxy) is 3. The maximum absolute atomic E-state index is 12.8. The molecule has 0 aliphatic heterocycles. The Bertz CT molecular complexity index is 3040. The normalized spacial score (nSPS) is 11.3. The molecule has 8 rings (SSSR count). The summed E-state index contributed by atoms with van der Waals surface area (Å²) in [5.41, 5.74) is 3.91. The predicted octanol–water partition coefficient (Wildman–Crippen LogP) is 10.6. The number of alkyl carbamates (subject to hydrolysis) is 2. The fraction of sp³-hybridized carbons (Fsp3) is 0.265. The van der Waals surface area contributed by atoms with E-state index in [9.17, 15) is 28.8 Å². The molecule has 2 aromatic carbocycles. The van der Waals surface area contributed by atoms with Crippen LogP contribution in [0.2, 0.25) is 0 Å². The molecular formula is C49H49N7O12S4. The topological polar surface area (TPSA) is 263 Å². The van der Waals surface area contributed by atoms with Crippen LogP contribution in [0.3, 0.4) is 0 Å². The highest BCUT2D eigenvalue weighted by molar-refractivity contribution is 7.17. The molecule has 5 amide bonds. The Labute approximate surface area is 427 Å². The van der Waals surface area contributed by atoms with Crippen LogP contribution in [0.4, 0.5) is 19.9 Å². The summed E-state index contributed by atoms with van der Waals surface area (Å²) >= 11 is 5.45. The zero-order valence-corrected chi connectivity index (χ0v) is 43.1. The number of fused-ring (bicyclic) bond motifs is 2. The van der Waals surface area contributed by atoms with Crippen molar-refractivity contribution in [2.24, 2.45) is 0 Å². The number of benzene rings is 2. The van der Waals surface area contributed by atoms with Crippen LogP contribution in [0.25, 0.3) is 43.1 Å². The molecule has 72 heavy (non-hydrogen) atoms. The van der Waals surface area contributed by atoms with Crippen molar-refractivity contribution >= 4 is 113 Å². The van der Waals surface area contributed by atoms with Crippen LogP contribution in [-0.4, -0.2) is 69.4 Å². The maximum atomic E-state index is 12.8. The van der Waals surface area contributed by atoms with Gasteiger partial charge in [-0.05, 0) is 114 Å². The average molecular weight is 1060 g/mol. The minimum absolute atomic E-state index is 0.0736. The van der Waals surface area contributed by atoms with Gasteiger partial charge in [0.2, 0.25) is 5.91 Å². The van der Waals surface area contributed by atoms with Gasteiger partial charge in [-0.3, -0.25) is 35.0 Å². The number of carbonyl (C=O) groups is 6. The molecule has 23 heteroatoms. The molecule has 0 aliphatic carbocycles.